The minimum atomic E-state index is -1.08. The first-order valence-electron chi connectivity index (χ1n) is 11.6. The molecule has 6 heteroatoms. The number of unbranched alkanes of at least 4 members (excludes halogenated alkanes) is 12. The number of aromatic hydroxyl groups is 2. The third-order valence-electron chi connectivity index (χ3n) is 5.48. The van der Waals surface area contributed by atoms with Gasteiger partial charge >= 0.3 is 5.97 Å². The maximum atomic E-state index is 10.8. The lowest BCUT2D eigenvalue weighted by Gasteiger charge is -2.11. The number of hydrogen-bond acceptors (Lipinski definition) is 5. The first-order valence-corrected chi connectivity index (χ1v) is 12.6. The molecule has 0 aromatic heterocycles. The molecule has 0 amide bonds. The molecule has 0 fully saturated rings. The number of aliphatic carboxylic acids is 1. The van der Waals surface area contributed by atoms with Crippen molar-refractivity contribution >= 4 is 17.7 Å². The second-order valence-corrected chi connectivity index (χ2v) is 9.23. The summed E-state index contributed by atoms with van der Waals surface area (Å²) in [6, 6.07) is 2.54. The Bertz CT molecular complexity index is 609. The van der Waals surface area contributed by atoms with E-state index in [0.29, 0.717) is 4.90 Å². The van der Waals surface area contributed by atoms with Crippen molar-refractivity contribution in [2.24, 2.45) is 5.73 Å². The van der Waals surface area contributed by atoms with Crippen LogP contribution in [0.3, 0.4) is 0 Å². The predicted octanol–water partition coefficient (Wildman–Crippen LogP) is 6.24. The first-order chi connectivity index (χ1) is 14.5. The fourth-order valence-electron chi connectivity index (χ4n) is 3.51. The number of nitrogens with two attached hydrogens (primary N) is 1. The number of phenolic OH excluding ortho intramolecular Hbond substituents is 2. The molecule has 5 N–H and O–H groups in total. The molecule has 5 nitrogen and oxygen atoms in total. The van der Waals surface area contributed by atoms with Gasteiger partial charge in [0.2, 0.25) is 0 Å². The summed E-state index contributed by atoms with van der Waals surface area (Å²) in [5.74, 6) is -1.21. The lowest BCUT2D eigenvalue weighted by atomic mass is 10.0. The number of benzene rings is 1. The molecule has 0 heterocycles. The Morgan fingerprint density at radius 3 is 1.87 bits per heavy atom. The van der Waals surface area contributed by atoms with Gasteiger partial charge in [0.15, 0.2) is 11.5 Å². The van der Waals surface area contributed by atoms with Crippen LogP contribution in [0.25, 0.3) is 0 Å². The zero-order chi connectivity index (χ0) is 22.2. The molecule has 0 aliphatic rings. The molecule has 0 aliphatic heterocycles. The Morgan fingerprint density at radius 2 is 1.37 bits per heavy atom. The monoisotopic (exact) mass is 439 g/mol. The molecule has 0 unspecified atom stereocenters. The quantitative estimate of drug-likeness (QED) is 0.123. The molecule has 0 aliphatic carbocycles. The Morgan fingerprint density at radius 1 is 0.867 bits per heavy atom. The maximum Gasteiger partial charge on any atom is 0.321 e. The molecule has 1 aromatic rings. The van der Waals surface area contributed by atoms with Crippen LogP contribution in [0.2, 0.25) is 0 Å². The number of carboxylic acids is 1. The van der Waals surface area contributed by atoms with E-state index >= 15 is 0 Å². The maximum absolute atomic E-state index is 10.8. The average molecular weight is 440 g/mol. The van der Waals surface area contributed by atoms with Gasteiger partial charge < -0.3 is 21.1 Å². The molecule has 0 radical (unpaired) electrons. The van der Waals surface area contributed by atoms with Gasteiger partial charge in [-0.3, -0.25) is 4.79 Å². The third-order valence-corrected chi connectivity index (χ3v) is 6.65. The summed E-state index contributed by atoms with van der Waals surface area (Å²) in [6.45, 7) is 2.26. The van der Waals surface area contributed by atoms with E-state index in [1.807, 2.05) is 6.07 Å². The van der Waals surface area contributed by atoms with Crippen LogP contribution in [0.5, 0.6) is 11.5 Å². The fourth-order valence-corrected chi connectivity index (χ4v) is 4.40. The summed E-state index contributed by atoms with van der Waals surface area (Å²) in [5, 5.41) is 29.2. The van der Waals surface area contributed by atoms with Gasteiger partial charge in [-0.2, -0.15) is 0 Å². The molecular formula is C24H41NO4S. The highest BCUT2D eigenvalue weighted by Crippen LogP contribution is 2.39. The van der Waals surface area contributed by atoms with Crippen LogP contribution >= 0.6 is 11.8 Å². The standard InChI is InChI=1S/C24H41NO4S/c1-2-3-4-5-6-7-8-9-10-11-12-13-14-15-19-16-17-21(23(27)22(19)26)30-18-20(25)24(28)29/h16-17,20,26-27H,2-15,18,25H2,1H3,(H,28,29)/t20-/m0/s1. The lowest BCUT2D eigenvalue weighted by molar-refractivity contribution is -0.137. The van der Waals surface area contributed by atoms with Gasteiger partial charge in [0, 0.05) is 5.75 Å². The van der Waals surface area contributed by atoms with E-state index in [2.05, 4.69) is 6.92 Å². The van der Waals surface area contributed by atoms with Gasteiger partial charge in [-0.25, -0.2) is 0 Å². The average Bonchev–Trinajstić information content (AvgIpc) is 2.73. The van der Waals surface area contributed by atoms with Crippen molar-refractivity contribution < 1.29 is 20.1 Å². The number of rotatable bonds is 18. The molecule has 0 saturated carbocycles. The van der Waals surface area contributed by atoms with Gasteiger partial charge in [-0.05, 0) is 24.5 Å². The van der Waals surface area contributed by atoms with Crippen LogP contribution in [0, 0.1) is 0 Å². The second-order valence-electron chi connectivity index (χ2n) is 8.17. The van der Waals surface area contributed by atoms with Gasteiger partial charge in [-0.15, -0.1) is 11.8 Å². The summed E-state index contributed by atoms with van der Waals surface area (Å²) in [7, 11) is 0. The van der Waals surface area contributed by atoms with E-state index in [1.165, 1.54) is 70.6 Å². The van der Waals surface area contributed by atoms with Crippen molar-refractivity contribution in [1.29, 1.82) is 0 Å². The first kappa shape index (κ1) is 26.6. The smallest absolute Gasteiger partial charge is 0.321 e. The van der Waals surface area contributed by atoms with Crippen LogP contribution in [0.15, 0.2) is 17.0 Å². The van der Waals surface area contributed by atoms with Crippen LogP contribution in [0.1, 0.15) is 96.0 Å². The van der Waals surface area contributed by atoms with Crippen LogP contribution in [-0.2, 0) is 11.2 Å². The predicted molar refractivity (Wildman–Crippen MR) is 126 cm³/mol. The largest absolute Gasteiger partial charge is 0.504 e. The number of hydrogen-bond donors (Lipinski definition) is 4. The molecule has 172 valence electrons. The van der Waals surface area contributed by atoms with Crippen molar-refractivity contribution in [3.8, 4) is 11.5 Å². The van der Waals surface area contributed by atoms with E-state index in [4.69, 9.17) is 10.8 Å². The van der Waals surface area contributed by atoms with Crippen molar-refractivity contribution in [2.75, 3.05) is 5.75 Å². The number of phenols is 2. The SMILES string of the molecule is CCCCCCCCCCCCCCCc1ccc(SC[C@H](N)C(=O)O)c(O)c1O. The summed E-state index contributed by atoms with van der Waals surface area (Å²) < 4.78 is 0. The van der Waals surface area contributed by atoms with Crippen molar-refractivity contribution in [3.63, 3.8) is 0 Å². The van der Waals surface area contributed by atoms with Crippen LogP contribution in [-0.4, -0.2) is 33.1 Å². The van der Waals surface area contributed by atoms with Gasteiger partial charge in [0.25, 0.3) is 0 Å². The van der Waals surface area contributed by atoms with E-state index in [-0.39, 0.29) is 17.3 Å². The summed E-state index contributed by atoms with van der Waals surface area (Å²) in [6.07, 6.45) is 17.6. The minimum Gasteiger partial charge on any atom is -0.504 e. The topological polar surface area (TPSA) is 104 Å². The Hall–Kier alpha value is -1.40. The van der Waals surface area contributed by atoms with Crippen molar-refractivity contribution in [2.45, 2.75) is 108 Å². The molecule has 30 heavy (non-hydrogen) atoms. The third kappa shape index (κ3) is 11.1. The Labute approximate surface area is 186 Å². The van der Waals surface area contributed by atoms with Crippen molar-refractivity contribution in [1.82, 2.24) is 0 Å². The second kappa shape index (κ2) is 16.3. The van der Waals surface area contributed by atoms with Crippen LogP contribution in [0.4, 0.5) is 0 Å². The van der Waals surface area contributed by atoms with E-state index in [9.17, 15) is 15.0 Å². The summed E-state index contributed by atoms with van der Waals surface area (Å²) in [4.78, 5) is 11.2. The van der Waals surface area contributed by atoms with Crippen molar-refractivity contribution in [3.05, 3.63) is 17.7 Å². The highest BCUT2D eigenvalue weighted by atomic mass is 32.2. The fraction of sp³-hybridized carbons (Fsp3) is 0.708. The lowest BCUT2D eigenvalue weighted by Crippen LogP contribution is -2.32. The van der Waals surface area contributed by atoms with E-state index in [1.54, 1.807) is 6.07 Å². The molecular weight excluding hydrogens is 398 g/mol. The Balaban J connectivity index is 2.14. The number of aryl methyl sites for hydroxylation is 1. The summed E-state index contributed by atoms with van der Waals surface area (Å²) >= 11 is 1.14. The molecule has 1 atom stereocenters. The zero-order valence-corrected chi connectivity index (χ0v) is 19.4. The molecule has 1 aromatic carbocycles. The molecule has 0 saturated heterocycles. The Kier molecular flexibility index (Phi) is 14.5. The van der Waals surface area contributed by atoms with E-state index in [0.717, 1.165) is 36.6 Å². The summed E-state index contributed by atoms with van der Waals surface area (Å²) in [5.41, 5.74) is 6.22. The van der Waals surface area contributed by atoms with Gasteiger partial charge in [-0.1, -0.05) is 90.0 Å². The highest BCUT2D eigenvalue weighted by molar-refractivity contribution is 7.99. The van der Waals surface area contributed by atoms with E-state index < -0.39 is 12.0 Å². The number of carbonyl (C=O) groups is 1. The molecule has 0 bridgehead atoms. The normalized spacial score (nSPS) is 12.2. The number of thioether (sulfide) groups is 1. The molecule has 1 rings (SSSR count). The van der Waals surface area contributed by atoms with Gasteiger partial charge in [0.05, 0.1) is 4.90 Å². The van der Waals surface area contributed by atoms with Gasteiger partial charge in [0.1, 0.15) is 6.04 Å². The number of carboxylic acid groups (broad SMARTS) is 1. The zero-order valence-electron chi connectivity index (χ0n) is 18.6. The minimum absolute atomic E-state index is 0.0946. The molecule has 0 spiro atoms. The van der Waals surface area contributed by atoms with Crippen LogP contribution < -0.4 is 5.73 Å². The highest BCUT2D eigenvalue weighted by Gasteiger charge is 2.16.